The lowest BCUT2D eigenvalue weighted by Crippen LogP contribution is -2.29. The van der Waals surface area contributed by atoms with E-state index in [0.717, 1.165) is 34.4 Å². The van der Waals surface area contributed by atoms with Crippen molar-refractivity contribution in [3.8, 4) is 11.5 Å². The van der Waals surface area contributed by atoms with Crippen molar-refractivity contribution < 1.29 is 22.8 Å². The summed E-state index contributed by atoms with van der Waals surface area (Å²) in [5, 5.41) is 14.5. The number of nitro benzene ring substituents is 1. The average Bonchev–Trinajstić information content (AvgIpc) is 3.50. The molecule has 4 aromatic rings. The van der Waals surface area contributed by atoms with Crippen LogP contribution in [0.2, 0.25) is 0 Å². The molecule has 0 spiro atoms. The van der Waals surface area contributed by atoms with Gasteiger partial charge in [0.05, 0.1) is 28.7 Å². The molecule has 1 heterocycles. The van der Waals surface area contributed by atoms with E-state index < -0.39 is 14.9 Å². The summed E-state index contributed by atoms with van der Waals surface area (Å²) in [5.74, 6) is 1.45. The number of benzene rings is 4. The predicted molar refractivity (Wildman–Crippen MR) is 165 cm³/mol. The van der Waals surface area contributed by atoms with Crippen molar-refractivity contribution in [2.75, 3.05) is 17.1 Å². The molecule has 4 aromatic carbocycles. The molecule has 2 N–H and O–H groups in total. The molecule has 0 aromatic heterocycles. The second-order valence-corrected chi connectivity index (χ2v) is 12.5. The third-order valence-corrected chi connectivity index (χ3v) is 9.40. The lowest BCUT2D eigenvalue weighted by molar-refractivity contribution is -0.384. The summed E-state index contributed by atoms with van der Waals surface area (Å²) in [6.07, 6.45) is 5.21. The number of nitrogens with one attached hydrogen (secondary N) is 2. The monoisotopic (exact) mass is 597 g/mol. The Balaban J connectivity index is 1.19. The Morgan fingerprint density at radius 1 is 1.00 bits per heavy atom. The minimum Gasteiger partial charge on any atom is -0.495 e. The van der Waals surface area contributed by atoms with Gasteiger partial charge in [-0.05, 0) is 96.1 Å². The second-order valence-electron chi connectivity index (χ2n) is 10.8. The van der Waals surface area contributed by atoms with Gasteiger partial charge >= 0.3 is 0 Å². The Hall–Kier alpha value is -4.83. The van der Waals surface area contributed by atoms with Crippen molar-refractivity contribution in [3.63, 3.8) is 0 Å². The number of aryl methyl sites for hydroxylation is 1. The number of rotatable bonds is 9. The maximum Gasteiger partial charge on any atom is 0.269 e. The van der Waals surface area contributed by atoms with Gasteiger partial charge in [0.1, 0.15) is 18.1 Å². The Morgan fingerprint density at radius 2 is 1.77 bits per heavy atom. The van der Waals surface area contributed by atoms with E-state index in [1.54, 1.807) is 36.4 Å². The van der Waals surface area contributed by atoms with Crippen molar-refractivity contribution in [2.45, 2.75) is 36.8 Å². The van der Waals surface area contributed by atoms with Gasteiger partial charge in [-0.25, -0.2) is 8.42 Å². The number of sulfonamides is 1. The third kappa shape index (κ3) is 5.78. The Morgan fingerprint density at radius 3 is 2.49 bits per heavy atom. The maximum absolute atomic E-state index is 13.4. The number of allylic oxidation sites excluding steroid dienone is 2. The van der Waals surface area contributed by atoms with Crippen molar-refractivity contribution in [1.29, 1.82) is 0 Å². The molecule has 220 valence electrons. The van der Waals surface area contributed by atoms with Crippen LogP contribution in [0.5, 0.6) is 11.5 Å². The van der Waals surface area contributed by atoms with Crippen LogP contribution in [0.3, 0.4) is 0 Å². The average molecular weight is 598 g/mol. The fourth-order valence-electron chi connectivity index (χ4n) is 5.83. The van der Waals surface area contributed by atoms with E-state index in [2.05, 4.69) is 22.2 Å². The number of methoxy groups -OCH3 is 1. The van der Waals surface area contributed by atoms with Crippen molar-refractivity contribution in [2.24, 2.45) is 5.92 Å². The van der Waals surface area contributed by atoms with Gasteiger partial charge in [0.2, 0.25) is 0 Å². The summed E-state index contributed by atoms with van der Waals surface area (Å²) in [6, 6.07) is 24.9. The van der Waals surface area contributed by atoms with Gasteiger partial charge < -0.3 is 14.8 Å². The SMILES string of the molecule is COc1ccc(C)cc1NS(=O)(=O)c1ccc2c(c1)[C@H]1C=CC[C@H]1[C@@H](c1ccc(OCc3ccc([N+](=O)[O-])cc3)cc1)N2. The van der Waals surface area contributed by atoms with Gasteiger partial charge in [0, 0.05) is 23.7 Å². The highest BCUT2D eigenvalue weighted by Crippen LogP contribution is 2.50. The smallest absolute Gasteiger partial charge is 0.269 e. The van der Waals surface area contributed by atoms with Gasteiger partial charge in [-0.1, -0.05) is 30.4 Å². The molecule has 3 atom stereocenters. The van der Waals surface area contributed by atoms with Crippen molar-refractivity contribution in [1.82, 2.24) is 0 Å². The third-order valence-electron chi connectivity index (χ3n) is 8.04. The van der Waals surface area contributed by atoms with Crippen LogP contribution in [0.1, 0.15) is 40.6 Å². The normalized spacial score (nSPS) is 18.7. The maximum atomic E-state index is 13.4. The highest BCUT2D eigenvalue weighted by Gasteiger charge is 2.38. The first-order valence-corrected chi connectivity index (χ1v) is 15.4. The number of ether oxygens (including phenoxy) is 2. The molecule has 43 heavy (non-hydrogen) atoms. The number of nitrogens with zero attached hydrogens (tertiary/aromatic N) is 1. The molecule has 0 radical (unpaired) electrons. The molecule has 0 bridgehead atoms. The minimum atomic E-state index is -3.85. The molecule has 0 amide bonds. The van der Waals surface area contributed by atoms with Gasteiger partial charge in [-0.2, -0.15) is 0 Å². The van der Waals surface area contributed by atoms with Crippen molar-refractivity contribution >= 4 is 27.1 Å². The van der Waals surface area contributed by atoms with Crippen LogP contribution in [0.4, 0.5) is 17.1 Å². The number of anilines is 2. The van der Waals surface area contributed by atoms with E-state index in [4.69, 9.17) is 9.47 Å². The fourth-order valence-corrected chi connectivity index (χ4v) is 6.92. The highest BCUT2D eigenvalue weighted by molar-refractivity contribution is 7.92. The molecule has 0 fully saturated rings. The van der Waals surface area contributed by atoms with Crippen LogP contribution < -0.4 is 19.5 Å². The first kappa shape index (κ1) is 28.3. The Kier molecular flexibility index (Phi) is 7.53. The van der Waals surface area contributed by atoms with E-state index in [0.29, 0.717) is 23.8 Å². The van der Waals surface area contributed by atoms with E-state index in [1.165, 1.54) is 19.2 Å². The summed E-state index contributed by atoms with van der Waals surface area (Å²) in [6.45, 7) is 2.20. The quantitative estimate of drug-likeness (QED) is 0.120. The van der Waals surface area contributed by atoms with Crippen molar-refractivity contribution in [3.05, 3.63) is 129 Å². The molecule has 0 saturated carbocycles. The predicted octanol–water partition coefficient (Wildman–Crippen LogP) is 7.12. The molecule has 0 saturated heterocycles. The molecular formula is C33H31N3O6S. The number of fused-ring (bicyclic) bond motifs is 3. The Bertz CT molecular complexity index is 1800. The standard InChI is InChI=1S/C33H31N3O6S/c1-21-6-17-32(41-2)31(18-21)35-43(39,40)26-15-16-30-29(19-26)27-4-3-5-28(27)33(34-30)23-9-13-25(14-10-23)42-20-22-7-11-24(12-8-22)36(37)38/h3-4,6-19,27-28,33-35H,5,20H2,1-2H3/t27-,28+,33+/m0/s1. The molecule has 10 heteroatoms. The first-order chi connectivity index (χ1) is 20.7. The van der Waals surface area contributed by atoms with Crippen LogP contribution in [0, 0.1) is 23.0 Å². The topological polar surface area (TPSA) is 120 Å². The number of non-ortho nitro benzene ring substituents is 1. The van der Waals surface area contributed by atoms with Crippen LogP contribution in [-0.4, -0.2) is 20.5 Å². The van der Waals surface area contributed by atoms with Crippen LogP contribution in [0.15, 0.2) is 102 Å². The molecule has 2 aliphatic rings. The second kappa shape index (κ2) is 11.4. The van der Waals surface area contributed by atoms with Crippen LogP contribution >= 0.6 is 0 Å². The zero-order valence-corrected chi connectivity index (χ0v) is 24.5. The van der Waals surface area contributed by atoms with E-state index in [1.807, 2.05) is 43.3 Å². The van der Waals surface area contributed by atoms with Gasteiger partial charge in [0.25, 0.3) is 15.7 Å². The van der Waals surface area contributed by atoms with Crippen LogP contribution in [-0.2, 0) is 16.6 Å². The fraction of sp³-hybridized carbons (Fsp3) is 0.212. The molecule has 1 aliphatic carbocycles. The minimum absolute atomic E-state index is 0.0355. The summed E-state index contributed by atoms with van der Waals surface area (Å²) in [4.78, 5) is 10.6. The number of hydrogen-bond donors (Lipinski definition) is 2. The summed E-state index contributed by atoms with van der Waals surface area (Å²) < 4.78 is 40.8. The zero-order valence-electron chi connectivity index (χ0n) is 23.7. The largest absolute Gasteiger partial charge is 0.495 e. The van der Waals surface area contributed by atoms with E-state index in [-0.39, 0.29) is 28.5 Å². The lowest BCUT2D eigenvalue weighted by Gasteiger charge is -2.37. The highest BCUT2D eigenvalue weighted by atomic mass is 32.2. The summed E-state index contributed by atoms with van der Waals surface area (Å²) in [5.41, 5.74) is 5.18. The van der Waals surface area contributed by atoms with E-state index >= 15 is 0 Å². The van der Waals surface area contributed by atoms with Gasteiger partial charge in [0.15, 0.2) is 0 Å². The summed E-state index contributed by atoms with van der Waals surface area (Å²) >= 11 is 0. The molecule has 1 aliphatic heterocycles. The lowest BCUT2D eigenvalue weighted by atomic mass is 9.77. The van der Waals surface area contributed by atoms with Gasteiger partial charge in [-0.3, -0.25) is 14.8 Å². The number of hydrogen-bond acceptors (Lipinski definition) is 7. The number of nitro groups is 1. The van der Waals surface area contributed by atoms with Gasteiger partial charge in [-0.15, -0.1) is 0 Å². The summed E-state index contributed by atoms with van der Waals surface area (Å²) in [7, 11) is -2.34. The molecule has 6 rings (SSSR count). The Labute approximate surface area is 250 Å². The van der Waals surface area contributed by atoms with E-state index in [9.17, 15) is 18.5 Å². The molecule has 9 nitrogen and oxygen atoms in total. The first-order valence-electron chi connectivity index (χ1n) is 13.9. The van der Waals surface area contributed by atoms with Crippen LogP contribution in [0.25, 0.3) is 0 Å². The molecular weight excluding hydrogens is 566 g/mol. The molecule has 0 unspecified atom stereocenters. The zero-order chi connectivity index (χ0) is 30.1.